The molecule has 1 saturated heterocycles. The van der Waals surface area contributed by atoms with Crippen molar-refractivity contribution >= 4 is 46.7 Å². The number of rotatable bonds is 5. The molecule has 0 radical (unpaired) electrons. The summed E-state index contributed by atoms with van der Waals surface area (Å²) in [5, 5.41) is 16.9. The molecule has 0 aromatic heterocycles. The number of nitrogens with zero attached hydrogens (tertiary/aromatic N) is 1. The number of aliphatic carboxylic acids is 1. The Hall–Kier alpha value is -2.68. The molecule has 44 heavy (non-hydrogen) atoms. The van der Waals surface area contributed by atoms with Crippen LogP contribution >= 0.6 is 23.2 Å². The second-order valence-corrected chi connectivity index (χ2v) is 14.6. The highest BCUT2D eigenvalue weighted by Crippen LogP contribution is 2.66. The minimum Gasteiger partial charge on any atom is -0.481 e. The third kappa shape index (κ3) is 3.92. The molecule has 6 aliphatic rings. The van der Waals surface area contributed by atoms with Gasteiger partial charge in [0.15, 0.2) is 0 Å². The van der Waals surface area contributed by atoms with E-state index in [4.69, 9.17) is 23.2 Å². The predicted molar refractivity (Wildman–Crippen MR) is 167 cm³/mol. The first-order chi connectivity index (χ1) is 21.0. The van der Waals surface area contributed by atoms with E-state index in [2.05, 4.69) is 15.5 Å². The lowest BCUT2D eigenvalue weighted by molar-refractivity contribution is -0.157. The molecule has 5 fully saturated rings. The van der Waals surface area contributed by atoms with E-state index < -0.39 is 45.7 Å². The summed E-state index contributed by atoms with van der Waals surface area (Å²) in [5.41, 5.74) is -1.67. The smallest absolute Gasteiger partial charge is 0.309 e. The van der Waals surface area contributed by atoms with Crippen molar-refractivity contribution in [3.8, 4) is 0 Å². The number of likely N-dealkylation sites (N-methyl/N-ethyl adjacent to an activating group) is 1. The summed E-state index contributed by atoms with van der Waals surface area (Å²) in [5.74, 6) is -2.72. The Balaban J connectivity index is 1.42. The predicted octanol–water partition coefficient (Wildman–Crippen LogP) is 6.81. The lowest BCUT2D eigenvalue weighted by atomic mass is 9.55. The molecule has 2 aromatic carbocycles. The summed E-state index contributed by atoms with van der Waals surface area (Å²) in [4.78, 5) is 43.9. The Labute approximate surface area is 266 Å². The second kappa shape index (κ2) is 10.4. The molecule has 8 rings (SSSR count). The Morgan fingerprint density at radius 2 is 1.70 bits per heavy atom. The number of anilines is 1. The van der Waals surface area contributed by atoms with E-state index in [-0.39, 0.29) is 22.4 Å². The van der Waals surface area contributed by atoms with Crippen LogP contribution < -0.4 is 10.6 Å². The van der Waals surface area contributed by atoms with E-state index in [1.54, 1.807) is 24.3 Å². The van der Waals surface area contributed by atoms with Crippen LogP contribution in [0, 0.1) is 11.2 Å². The van der Waals surface area contributed by atoms with Gasteiger partial charge in [0.1, 0.15) is 11.2 Å². The number of hydrogen-bond acceptors (Lipinski definition) is 4. The van der Waals surface area contributed by atoms with Crippen molar-refractivity contribution in [1.82, 2.24) is 10.2 Å². The lowest BCUT2D eigenvalue weighted by Crippen LogP contribution is -2.63. The normalized spacial score (nSPS) is 33.9. The van der Waals surface area contributed by atoms with Crippen molar-refractivity contribution in [2.75, 3.05) is 11.9 Å². The molecular formula is C34H38Cl2FN3O4. The van der Waals surface area contributed by atoms with Crippen LogP contribution in [0.4, 0.5) is 10.1 Å². The average Bonchev–Trinajstić information content (AvgIpc) is 3.44. The standard InChI is InChI=1S/C34H38Cl2FN3O4/c1-2-40-27(28(41)39-32-16-13-31(14-17-32,15-18-32)30(43)44)25(21-7-6-8-23(36)26(21)37)34(33(40)11-4-3-5-12-33)22-10-9-20(35)19-24(22)38-29(34)42/h6-10,19,25,27H,2-5,11-18H2,1H3,(H,38,42)(H,39,41)(H,43,44)/t25-,27+,31?,32?,34?/m0/s1. The first kappa shape index (κ1) is 30.0. The van der Waals surface area contributed by atoms with Crippen molar-refractivity contribution < 1.29 is 23.9 Å². The Morgan fingerprint density at radius 3 is 2.34 bits per heavy atom. The number of nitrogens with one attached hydrogen (secondary N) is 2. The number of halogens is 3. The molecule has 2 spiro atoms. The molecule has 2 bridgehead atoms. The summed E-state index contributed by atoms with van der Waals surface area (Å²) in [6.07, 6.45) is 7.45. The third-order valence-electron chi connectivity index (χ3n) is 12.1. The molecule has 4 saturated carbocycles. The van der Waals surface area contributed by atoms with Gasteiger partial charge in [-0.2, -0.15) is 0 Å². The Kier molecular flexibility index (Phi) is 7.11. The number of hydrogen-bond donors (Lipinski definition) is 3. The number of fused-ring (bicyclic) bond motifs is 6. The van der Waals surface area contributed by atoms with E-state index in [1.807, 2.05) is 13.0 Å². The summed E-state index contributed by atoms with van der Waals surface area (Å²) in [6.45, 7) is 2.50. The van der Waals surface area contributed by atoms with Crippen LogP contribution in [-0.4, -0.2) is 51.5 Å². The molecule has 4 aliphatic carbocycles. The van der Waals surface area contributed by atoms with Gasteiger partial charge in [0, 0.05) is 27.7 Å². The minimum atomic E-state index is -1.27. The van der Waals surface area contributed by atoms with E-state index in [0.717, 1.165) is 24.8 Å². The molecule has 2 heterocycles. The summed E-state index contributed by atoms with van der Waals surface area (Å²) >= 11 is 12.8. The van der Waals surface area contributed by atoms with Crippen molar-refractivity contribution in [3.63, 3.8) is 0 Å². The van der Waals surface area contributed by atoms with Gasteiger partial charge in [-0.25, -0.2) is 4.39 Å². The number of likely N-dealkylation sites (tertiary alicyclic amines) is 1. The van der Waals surface area contributed by atoms with Crippen molar-refractivity contribution in [2.24, 2.45) is 5.41 Å². The van der Waals surface area contributed by atoms with Gasteiger partial charge in [-0.15, -0.1) is 0 Å². The maximum atomic E-state index is 16.3. The van der Waals surface area contributed by atoms with Crippen LogP contribution in [0.1, 0.15) is 94.6 Å². The van der Waals surface area contributed by atoms with Crippen LogP contribution in [-0.2, 0) is 19.8 Å². The van der Waals surface area contributed by atoms with Gasteiger partial charge in [0.05, 0.1) is 16.5 Å². The third-order valence-corrected chi connectivity index (χ3v) is 12.6. The van der Waals surface area contributed by atoms with Gasteiger partial charge in [0.25, 0.3) is 0 Å². The Bertz CT molecular complexity index is 1530. The first-order valence-corrected chi connectivity index (χ1v) is 16.7. The molecule has 2 amide bonds. The number of benzene rings is 2. The average molecular weight is 643 g/mol. The number of amides is 2. The maximum absolute atomic E-state index is 16.3. The zero-order valence-electron chi connectivity index (χ0n) is 24.9. The quantitative estimate of drug-likeness (QED) is 0.333. The fraction of sp³-hybridized carbons (Fsp3) is 0.559. The van der Waals surface area contributed by atoms with Gasteiger partial charge in [0.2, 0.25) is 11.8 Å². The monoisotopic (exact) mass is 641 g/mol. The molecule has 10 heteroatoms. The zero-order valence-corrected chi connectivity index (χ0v) is 26.4. The fourth-order valence-electron chi connectivity index (χ4n) is 10.1. The summed E-state index contributed by atoms with van der Waals surface area (Å²) in [7, 11) is 0. The Morgan fingerprint density at radius 1 is 1.02 bits per heavy atom. The van der Waals surface area contributed by atoms with Crippen LogP contribution in [0.3, 0.4) is 0 Å². The minimum absolute atomic E-state index is 0.0534. The van der Waals surface area contributed by atoms with Gasteiger partial charge < -0.3 is 15.7 Å². The van der Waals surface area contributed by atoms with Gasteiger partial charge in [-0.05, 0) is 87.2 Å². The van der Waals surface area contributed by atoms with Crippen molar-refractivity contribution in [2.45, 2.75) is 106 Å². The number of carboxylic acids is 1. The maximum Gasteiger partial charge on any atom is 0.309 e. The van der Waals surface area contributed by atoms with Gasteiger partial charge in [-0.3, -0.25) is 19.3 Å². The molecule has 1 unspecified atom stereocenters. The number of carbonyl (C=O) groups is 3. The van der Waals surface area contributed by atoms with E-state index in [9.17, 15) is 19.5 Å². The molecular weight excluding hydrogens is 604 g/mol. The first-order valence-electron chi connectivity index (χ1n) is 15.9. The van der Waals surface area contributed by atoms with Crippen LogP contribution in [0.15, 0.2) is 36.4 Å². The summed E-state index contributed by atoms with van der Waals surface area (Å²) in [6, 6.07) is 9.38. The zero-order chi connectivity index (χ0) is 31.1. The summed E-state index contributed by atoms with van der Waals surface area (Å²) < 4.78 is 16.3. The molecule has 3 atom stereocenters. The van der Waals surface area contributed by atoms with Crippen LogP contribution in [0.5, 0.6) is 0 Å². The highest BCUT2D eigenvalue weighted by molar-refractivity contribution is 6.31. The topological polar surface area (TPSA) is 98.7 Å². The van der Waals surface area contributed by atoms with E-state index in [1.165, 1.54) is 6.07 Å². The SMILES string of the molecule is CCN1[C@@H](C(=O)NC23CCC(C(=O)O)(CC2)CC3)[C@H](c2cccc(Cl)c2F)C2(C(=O)Nc3cc(Cl)ccc32)C12CCCCC2. The largest absolute Gasteiger partial charge is 0.481 e. The number of carbonyl (C=O) groups excluding carboxylic acids is 2. The highest BCUT2D eigenvalue weighted by Gasteiger charge is 2.75. The second-order valence-electron chi connectivity index (χ2n) is 13.8. The van der Waals surface area contributed by atoms with Gasteiger partial charge in [-0.1, -0.05) is 67.6 Å². The molecule has 3 N–H and O–H groups in total. The van der Waals surface area contributed by atoms with Gasteiger partial charge >= 0.3 is 5.97 Å². The molecule has 7 nitrogen and oxygen atoms in total. The number of carboxylic acid groups (broad SMARTS) is 1. The molecule has 2 aliphatic heterocycles. The van der Waals surface area contributed by atoms with E-state index in [0.29, 0.717) is 68.6 Å². The molecule has 2 aromatic rings. The van der Waals surface area contributed by atoms with E-state index >= 15 is 4.39 Å². The lowest BCUT2D eigenvalue weighted by Gasteiger charge is -2.52. The fourth-order valence-corrected chi connectivity index (χ4v) is 10.4. The molecule has 234 valence electrons. The van der Waals surface area contributed by atoms with Crippen molar-refractivity contribution in [3.05, 3.63) is 63.4 Å². The van der Waals surface area contributed by atoms with Crippen molar-refractivity contribution in [1.29, 1.82) is 0 Å². The van der Waals surface area contributed by atoms with Crippen LogP contribution in [0.2, 0.25) is 10.0 Å². The highest BCUT2D eigenvalue weighted by atomic mass is 35.5. The van der Waals surface area contributed by atoms with Crippen LogP contribution in [0.25, 0.3) is 0 Å².